The average Bonchev–Trinajstić information content (AvgIpc) is 3.63. The lowest BCUT2D eigenvalue weighted by molar-refractivity contribution is -0.129. The number of aryl methyl sites for hydroxylation is 1. The Morgan fingerprint density at radius 1 is 1.02 bits per heavy atom. The van der Waals surface area contributed by atoms with Gasteiger partial charge in [-0.05, 0) is 80.4 Å². The molecule has 2 unspecified atom stereocenters. The third-order valence-corrected chi connectivity index (χ3v) is 13.6. The number of nitrogens with one attached hydrogen (secondary N) is 2. The minimum Gasteiger partial charge on any atom is -0.481 e. The van der Waals surface area contributed by atoms with Crippen molar-refractivity contribution in [2.24, 2.45) is 17.8 Å². The summed E-state index contributed by atoms with van der Waals surface area (Å²) in [6, 6.07) is 13.0. The van der Waals surface area contributed by atoms with E-state index in [4.69, 9.17) is 38.0 Å². The zero-order valence-corrected chi connectivity index (χ0v) is 38.7. The summed E-state index contributed by atoms with van der Waals surface area (Å²) in [6.07, 6.45) is 9.54. The number of halogens is 2. The number of hydrogen-bond donors (Lipinski definition) is 3. The lowest BCUT2D eigenvalue weighted by Gasteiger charge is -2.36. The maximum Gasteiger partial charge on any atom is 0.266 e. The van der Waals surface area contributed by atoms with E-state index in [1.807, 2.05) is 38.1 Å². The summed E-state index contributed by atoms with van der Waals surface area (Å²) < 4.78 is 5.64. The van der Waals surface area contributed by atoms with Crippen LogP contribution in [0.4, 0.5) is 5.69 Å². The smallest absolute Gasteiger partial charge is 0.266 e. The van der Waals surface area contributed by atoms with Crippen LogP contribution in [0.5, 0.6) is 5.88 Å². The van der Waals surface area contributed by atoms with Gasteiger partial charge in [-0.15, -0.1) is 0 Å². The minimum atomic E-state index is -0.575. The molecule has 2 heterocycles. The molecule has 0 spiro atoms. The van der Waals surface area contributed by atoms with E-state index in [0.717, 1.165) is 48.9 Å². The van der Waals surface area contributed by atoms with Crippen LogP contribution < -0.4 is 15.4 Å². The number of aliphatic hydroxyl groups is 1. The van der Waals surface area contributed by atoms with Gasteiger partial charge in [0.05, 0.1) is 28.5 Å². The fourth-order valence-electron chi connectivity index (χ4n) is 7.76. The van der Waals surface area contributed by atoms with E-state index in [0.29, 0.717) is 56.8 Å². The number of amides is 3. The Morgan fingerprint density at radius 2 is 1.65 bits per heavy atom. The van der Waals surface area contributed by atoms with E-state index >= 15 is 0 Å². The summed E-state index contributed by atoms with van der Waals surface area (Å²) in [5.41, 5.74) is 5.45. The largest absolute Gasteiger partial charge is 0.481 e. The molecule has 0 radical (unpaired) electrons. The first kappa shape index (κ1) is 48.3. The molecule has 3 aromatic rings. The monoisotopic (exact) mass is 861 g/mol. The van der Waals surface area contributed by atoms with E-state index in [1.165, 1.54) is 29.5 Å². The fourth-order valence-corrected chi connectivity index (χ4v) is 8.36. The quantitative estimate of drug-likeness (QED) is 0.123. The Labute approximate surface area is 367 Å². The number of ether oxygens (including phenoxy) is 1. The maximum absolute atomic E-state index is 13.1. The van der Waals surface area contributed by atoms with Crippen LogP contribution in [0.1, 0.15) is 110 Å². The molecule has 4 atom stereocenters. The Morgan fingerprint density at radius 3 is 2.27 bits per heavy atom. The summed E-state index contributed by atoms with van der Waals surface area (Å²) in [6.45, 7) is 19.0. The molecule has 12 heteroatoms. The second-order valence-electron chi connectivity index (χ2n) is 16.6. The van der Waals surface area contributed by atoms with Crippen LogP contribution in [0.2, 0.25) is 10.0 Å². The molecule has 5 rings (SSSR count). The van der Waals surface area contributed by atoms with E-state index < -0.39 is 11.8 Å². The molecule has 1 aliphatic carbocycles. The van der Waals surface area contributed by atoms with Gasteiger partial charge in [-0.2, -0.15) is 0 Å². The second-order valence-corrected chi connectivity index (χ2v) is 17.3. The molecular formula is C48H65Cl2N5O5. The number of benzene rings is 2. The molecule has 2 aromatic carbocycles. The normalized spacial score (nSPS) is 16.6. The molecule has 0 fully saturated rings. The van der Waals surface area contributed by atoms with Gasteiger partial charge in [0.1, 0.15) is 11.4 Å². The van der Waals surface area contributed by atoms with E-state index in [1.54, 1.807) is 38.2 Å². The van der Waals surface area contributed by atoms with Gasteiger partial charge in [0.2, 0.25) is 11.8 Å². The van der Waals surface area contributed by atoms with Crippen molar-refractivity contribution >= 4 is 46.6 Å². The van der Waals surface area contributed by atoms with Crippen LogP contribution in [0, 0.1) is 17.8 Å². The Balaban J connectivity index is 0.000000323. The van der Waals surface area contributed by atoms with Crippen molar-refractivity contribution in [3.8, 4) is 28.3 Å². The third-order valence-electron chi connectivity index (χ3n) is 12.8. The average molecular weight is 863 g/mol. The number of likely N-dealkylation sites (N-methyl/N-ethyl adjacent to an activating group) is 1. The standard InChI is InChI=1S/C30H28Cl2N4O3.C18H37NO2/c1-16-12-13-18-14-24(34-29(39-5)25(16)18)21-10-6-8-19(26(21)31)20-9-7-11-23(27(20)32)33-28(37)22-15-35(3)17(2)36(4)30(22)38;1-7-14(4)10-12-18(8-2,9-3)19-17(21)16(6)15(5)11-13-20/h6-11,14-16H,2,12-13H2,1,3-5H3,(H,33,37);14-16,20H,7-13H2,1-6H3,(H,19,21)/t16-;14-,15?,16?/m11/s1. The number of carbonyl (C=O) groups excluding carboxylic acids is 3. The molecule has 326 valence electrons. The summed E-state index contributed by atoms with van der Waals surface area (Å²) in [5, 5.41) is 15.9. The van der Waals surface area contributed by atoms with Crippen molar-refractivity contribution in [2.45, 2.75) is 111 Å². The van der Waals surface area contributed by atoms with Gasteiger partial charge in [0, 0.05) is 60.6 Å². The highest BCUT2D eigenvalue weighted by atomic mass is 35.5. The van der Waals surface area contributed by atoms with Crippen LogP contribution in [-0.2, 0) is 20.8 Å². The van der Waals surface area contributed by atoms with Crippen molar-refractivity contribution in [1.82, 2.24) is 20.1 Å². The number of pyridine rings is 1. The van der Waals surface area contributed by atoms with Crippen LogP contribution in [0.25, 0.3) is 22.4 Å². The summed E-state index contributed by atoms with van der Waals surface area (Å²) in [5.74, 6) is 1.50. The molecule has 0 saturated carbocycles. The summed E-state index contributed by atoms with van der Waals surface area (Å²) >= 11 is 13.8. The molecule has 60 heavy (non-hydrogen) atoms. The zero-order chi connectivity index (χ0) is 44.5. The second kappa shape index (κ2) is 21.4. The number of methoxy groups -OCH3 is 1. The van der Waals surface area contributed by atoms with Gasteiger partial charge in [-0.25, -0.2) is 4.98 Å². The van der Waals surface area contributed by atoms with Crippen molar-refractivity contribution in [3.05, 3.63) is 87.8 Å². The lowest BCUT2D eigenvalue weighted by atomic mass is 9.83. The van der Waals surface area contributed by atoms with Crippen LogP contribution in [0.3, 0.4) is 0 Å². The highest BCUT2D eigenvalue weighted by Crippen LogP contribution is 2.44. The van der Waals surface area contributed by atoms with Gasteiger partial charge in [0.25, 0.3) is 11.8 Å². The molecule has 0 bridgehead atoms. The van der Waals surface area contributed by atoms with Crippen molar-refractivity contribution in [2.75, 3.05) is 33.1 Å². The van der Waals surface area contributed by atoms with E-state index in [9.17, 15) is 14.4 Å². The predicted molar refractivity (Wildman–Crippen MR) is 245 cm³/mol. The number of anilines is 1. The lowest BCUT2D eigenvalue weighted by Crippen LogP contribution is -2.50. The first-order valence-corrected chi connectivity index (χ1v) is 22.0. The Hall–Kier alpha value is -4.38. The van der Waals surface area contributed by atoms with Crippen LogP contribution >= 0.6 is 23.2 Å². The van der Waals surface area contributed by atoms with Gasteiger partial charge < -0.3 is 25.4 Å². The molecular weight excluding hydrogens is 797 g/mol. The fraction of sp³-hybridized carbons (Fsp3) is 0.500. The number of carbonyl (C=O) groups is 3. The van der Waals surface area contributed by atoms with Gasteiger partial charge in [-0.3, -0.25) is 19.3 Å². The summed E-state index contributed by atoms with van der Waals surface area (Å²) in [4.78, 5) is 46.0. The highest BCUT2D eigenvalue weighted by Gasteiger charge is 2.32. The van der Waals surface area contributed by atoms with E-state index in [-0.39, 0.29) is 35.5 Å². The maximum atomic E-state index is 13.1. The molecule has 3 N–H and O–H groups in total. The topological polar surface area (TPSA) is 124 Å². The van der Waals surface area contributed by atoms with Gasteiger partial charge in [0.15, 0.2) is 0 Å². The van der Waals surface area contributed by atoms with Crippen molar-refractivity contribution < 1.29 is 24.2 Å². The Bertz CT molecular complexity index is 2060. The van der Waals surface area contributed by atoms with E-state index in [2.05, 4.69) is 57.9 Å². The SMILES string of the molecule is C=C1N(C)C=C(C(=O)Nc2cccc(-c3cccc(-c4cc5c(c(OC)n4)[C@H](C)CC5)c3Cl)c2Cl)C(=O)N1C.CC[C@@H](C)CCC(CC)(CC)NC(=O)C(C)C(C)CCO. The number of aromatic nitrogens is 1. The first-order valence-electron chi connectivity index (χ1n) is 21.3. The van der Waals surface area contributed by atoms with Crippen molar-refractivity contribution in [3.63, 3.8) is 0 Å². The molecule has 1 aliphatic heterocycles. The number of hydrogen-bond acceptors (Lipinski definition) is 7. The zero-order valence-electron chi connectivity index (χ0n) is 37.2. The number of aliphatic hydroxyl groups excluding tert-OH is 1. The van der Waals surface area contributed by atoms with Crippen molar-refractivity contribution in [1.29, 1.82) is 0 Å². The highest BCUT2D eigenvalue weighted by molar-refractivity contribution is 6.40. The molecule has 0 saturated heterocycles. The number of nitrogens with zero attached hydrogens (tertiary/aromatic N) is 3. The van der Waals surface area contributed by atoms with Crippen LogP contribution in [0.15, 0.2) is 66.6 Å². The third kappa shape index (κ3) is 10.9. The summed E-state index contributed by atoms with van der Waals surface area (Å²) in [7, 11) is 4.92. The number of rotatable bonds is 16. The molecule has 10 nitrogen and oxygen atoms in total. The molecule has 1 aromatic heterocycles. The van der Waals surface area contributed by atoms with Crippen LogP contribution in [-0.4, -0.2) is 71.0 Å². The van der Waals surface area contributed by atoms with Gasteiger partial charge >= 0.3 is 0 Å². The number of fused-ring (bicyclic) bond motifs is 1. The Kier molecular flexibility index (Phi) is 17.2. The predicted octanol–water partition coefficient (Wildman–Crippen LogP) is 10.6. The first-order chi connectivity index (χ1) is 28.5. The minimum absolute atomic E-state index is 0.0279. The van der Waals surface area contributed by atoms with Gasteiger partial charge in [-0.1, -0.05) is 115 Å². The molecule has 2 aliphatic rings. The molecule has 3 amide bonds.